The molecule has 24 heavy (non-hydrogen) atoms. The van der Waals surface area contributed by atoms with Crippen LogP contribution < -0.4 is 15.5 Å². The molecular formula is C19H33N3O2+2. The van der Waals surface area contributed by atoms with Gasteiger partial charge >= 0.3 is 0 Å². The minimum absolute atomic E-state index is 0.0709. The lowest BCUT2D eigenvalue weighted by Gasteiger charge is -2.30. The Balaban J connectivity index is 1.67. The molecule has 1 fully saturated rings. The molecule has 3 atom stereocenters. The van der Waals surface area contributed by atoms with Gasteiger partial charge in [0.25, 0.3) is 0 Å². The van der Waals surface area contributed by atoms with Crippen LogP contribution >= 0.6 is 0 Å². The van der Waals surface area contributed by atoms with Gasteiger partial charge in [0.2, 0.25) is 5.91 Å². The van der Waals surface area contributed by atoms with Crippen molar-refractivity contribution in [1.29, 1.82) is 0 Å². The van der Waals surface area contributed by atoms with E-state index in [9.17, 15) is 4.79 Å². The number of hydrogen-bond acceptors (Lipinski definition) is 2. The second-order valence-electron chi connectivity index (χ2n) is 7.36. The van der Waals surface area contributed by atoms with Gasteiger partial charge in [-0.15, -0.1) is 0 Å². The fourth-order valence-corrected chi connectivity index (χ4v) is 3.26. The molecule has 0 bridgehead atoms. The molecule has 1 aromatic rings. The second-order valence-corrected chi connectivity index (χ2v) is 7.36. The summed E-state index contributed by atoms with van der Waals surface area (Å²) in [5.41, 5.74) is 0.859. The van der Waals surface area contributed by atoms with Gasteiger partial charge in [-0.05, 0) is 19.1 Å². The predicted molar refractivity (Wildman–Crippen MR) is 96.1 cm³/mol. The number of carbonyl (C=O) groups is 1. The van der Waals surface area contributed by atoms with Crippen LogP contribution in [0.5, 0.6) is 0 Å². The SMILES string of the molecule is CC(C)C[NH+]1CCO[C@H](C[NH2+][C@@H](C)CC(=O)Nc2ccccc2)C1. The highest BCUT2D eigenvalue weighted by Gasteiger charge is 2.26. The molecule has 5 heteroatoms. The number of hydrogen-bond donors (Lipinski definition) is 3. The Morgan fingerprint density at radius 1 is 1.33 bits per heavy atom. The molecule has 2 rings (SSSR count). The summed E-state index contributed by atoms with van der Waals surface area (Å²) in [6.45, 7) is 11.8. The summed E-state index contributed by atoms with van der Waals surface area (Å²) in [7, 11) is 0. The van der Waals surface area contributed by atoms with Crippen LogP contribution in [0.25, 0.3) is 0 Å². The van der Waals surface area contributed by atoms with Crippen LogP contribution in [-0.2, 0) is 9.53 Å². The van der Waals surface area contributed by atoms with E-state index in [0.717, 1.165) is 37.8 Å². The molecule has 134 valence electrons. The molecule has 1 aliphatic rings. The van der Waals surface area contributed by atoms with Crippen molar-refractivity contribution in [2.24, 2.45) is 5.92 Å². The molecule has 1 amide bonds. The molecule has 0 radical (unpaired) electrons. The zero-order valence-corrected chi connectivity index (χ0v) is 15.3. The first kappa shape index (κ1) is 18.9. The highest BCUT2D eigenvalue weighted by molar-refractivity contribution is 5.90. The van der Waals surface area contributed by atoms with E-state index in [4.69, 9.17) is 4.74 Å². The third-order valence-corrected chi connectivity index (χ3v) is 4.39. The maximum Gasteiger partial charge on any atom is 0.230 e. The summed E-state index contributed by atoms with van der Waals surface area (Å²) in [6.07, 6.45) is 0.816. The van der Waals surface area contributed by atoms with Gasteiger partial charge in [-0.2, -0.15) is 0 Å². The Hall–Kier alpha value is -1.43. The first-order chi connectivity index (χ1) is 11.5. The largest absolute Gasteiger partial charge is 0.361 e. The van der Waals surface area contributed by atoms with Crippen molar-refractivity contribution in [3.8, 4) is 0 Å². The number of benzene rings is 1. The molecule has 1 aromatic carbocycles. The number of rotatable bonds is 8. The first-order valence-electron chi connectivity index (χ1n) is 9.16. The lowest BCUT2D eigenvalue weighted by atomic mass is 10.1. The molecule has 0 saturated carbocycles. The summed E-state index contributed by atoms with van der Waals surface area (Å²) in [6, 6.07) is 9.88. The molecule has 1 unspecified atom stereocenters. The summed E-state index contributed by atoms with van der Waals surface area (Å²) in [5.74, 6) is 0.796. The van der Waals surface area contributed by atoms with Crippen molar-refractivity contribution in [1.82, 2.24) is 0 Å². The van der Waals surface area contributed by atoms with Gasteiger partial charge in [0, 0.05) is 11.6 Å². The molecule has 1 saturated heterocycles. The van der Waals surface area contributed by atoms with Gasteiger partial charge in [0.15, 0.2) is 6.10 Å². The Kier molecular flexibility index (Phi) is 7.69. The molecule has 4 N–H and O–H groups in total. The maximum absolute atomic E-state index is 12.1. The van der Waals surface area contributed by atoms with Crippen LogP contribution in [0, 0.1) is 5.92 Å². The topological polar surface area (TPSA) is 59.4 Å². The van der Waals surface area contributed by atoms with Crippen molar-refractivity contribution in [2.45, 2.75) is 39.3 Å². The van der Waals surface area contributed by atoms with Crippen molar-refractivity contribution in [3.63, 3.8) is 0 Å². The number of para-hydroxylation sites is 1. The van der Waals surface area contributed by atoms with Crippen LogP contribution in [0.4, 0.5) is 5.69 Å². The van der Waals surface area contributed by atoms with Crippen molar-refractivity contribution in [2.75, 3.05) is 38.1 Å². The Morgan fingerprint density at radius 3 is 2.79 bits per heavy atom. The number of morpholine rings is 1. The third-order valence-electron chi connectivity index (χ3n) is 4.39. The van der Waals surface area contributed by atoms with E-state index >= 15 is 0 Å². The second kappa shape index (κ2) is 9.77. The quantitative estimate of drug-likeness (QED) is 0.622. The van der Waals surface area contributed by atoms with Gasteiger partial charge in [-0.1, -0.05) is 32.0 Å². The predicted octanol–water partition coefficient (Wildman–Crippen LogP) is -0.0932. The monoisotopic (exact) mass is 335 g/mol. The van der Waals surface area contributed by atoms with Crippen molar-refractivity contribution >= 4 is 11.6 Å². The highest BCUT2D eigenvalue weighted by atomic mass is 16.5. The fourth-order valence-electron chi connectivity index (χ4n) is 3.26. The molecule has 0 spiro atoms. The number of anilines is 1. The van der Waals surface area contributed by atoms with Crippen LogP contribution in [0.15, 0.2) is 30.3 Å². The minimum atomic E-state index is 0.0709. The van der Waals surface area contributed by atoms with Crippen molar-refractivity contribution < 1.29 is 19.7 Å². The summed E-state index contributed by atoms with van der Waals surface area (Å²) >= 11 is 0. The third kappa shape index (κ3) is 6.99. The van der Waals surface area contributed by atoms with Gasteiger partial charge in [-0.3, -0.25) is 4.79 Å². The Morgan fingerprint density at radius 2 is 2.08 bits per heavy atom. The van der Waals surface area contributed by atoms with Crippen LogP contribution in [-0.4, -0.2) is 50.8 Å². The molecule has 0 aromatic heterocycles. The molecule has 0 aliphatic carbocycles. The number of quaternary nitrogens is 2. The van der Waals surface area contributed by atoms with E-state index in [1.54, 1.807) is 4.90 Å². The lowest BCUT2D eigenvalue weighted by molar-refractivity contribution is -0.917. The molecule has 1 heterocycles. The highest BCUT2D eigenvalue weighted by Crippen LogP contribution is 2.05. The molecule has 1 aliphatic heterocycles. The van der Waals surface area contributed by atoms with E-state index in [1.165, 1.54) is 6.54 Å². The number of nitrogens with two attached hydrogens (primary N) is 1. The van der Waals surface area contributed by atoms with E-state index in [0.29, 0.717) is 12.5 Å². The summed E-state index contributed by atoms with van der Waals surface area (Å²) in [5, 5.41) is 5.19. The number of nitrogens with one attached hydrogen (secondary N) is 2. The summed E-state index contributed by atoms with van der Waals surface area (Å²) in [4.78, 5) is 13.7. The molecule has 5 nitrogen and oxygen atoms in total. The van der Waals surface area contributed by atoms with Crippen molar-refractivity contribution in [3.05, 3.63) is 30.3 Å². The van der Waals surface area contributed by atoms with E-state index < -0.39 is 0 Å². The van der Waals surface area contributed by atoms with E-state index in [1.807, 2.05) is 30.3 Å². The Bertz CT molecular complexity index is 493. The number of carbonyl (C=O) groups excluding carboxylic acids is 1. The van der Waals surface area contributed by atoms with Gasteiger partial charge in [0.1, 0.15) is 19.6 Å². The number of ether oxygens (including phenoxy) is 1. The number of amides is 1. The van der Waals surface area contributed by atoms with Gasteiger partial charge in [0.05, 0.1) is 25.6 Å². The minimum Gasteiger partial charge on any atom is -0.361 e. The standard InChI is InChI=1S/C19H31N3O2/c1-15(2)13-22-9-10-24-18(14-22)12-20-16(3)11-19(23)21-17-7-5-4-6-8-17/h4-8,15-16,18,20H,9-14H2,1-3H3,(H,21,23)/p+2/t16-,18+/m0/s1. The van der Waals surface area contributed by atoms with Crippen LogP contribution in [0.3, 0.4) is 0 Å². The van der Waals surface area contributed by atoms with E-state index in [2.05, 4.69) is 31.4 Å². The van der Waals surface area contributed by atoms with Gasteiger partial charge in [-0.25, -0.2) is 0 Å². The van der Waals surface area contributed by atoms with E-state index in [-0.39, 0.29) is 11.9 Å². The van der Waals surface area contributed by atoms with Gasteiger partial charge < -0.3 is 20.3 Å². The summed E-state index contributed by atoms with van der Waals surface area (Å²) < 4.78 is 5.89. The molecular weight excluding hydrogens is 302 g/mol. The van der Waals surface area contributed by atoms with Crippen LogP contribution in [0.1, 0.15) is 27.2 Å². The Labute approximate surface area is 145 Å². The average molecular weight is 335 g/mol. The normalized spacial score (nSPS) is 22.3. The lowest BCUT2D eigenvalue weighted by Crippen LogP contribution is -3.16. The average Bonchev–Trinajstić information content (AvgIpc) is 2.53. The zero-order valence-electron chi connectivity index (χ0n) is 15.3. The fraction of sp³-hybridized carbons (Fsp3) is 0.632. The zero-order chi connectivity index (χ0) is 17.4. The first-order valence-corrected chi connectivity index (χ1v) is 9.16. The maximum atomic E-state index is 12.1. The van der Waals surface area contributed by atoms with Crippen LogP contribution in [0.2, 0.25) is 0 Å². The smallest absolute Gasteiger partial charge is 0.230 e.